The molecule has 1 heterocycles. The van der Waals surface area contributed by atoms with E-state index < -0.39 is 5.97 Å². The van der Waals surface area contributed by atoms with Crippen LogP contribution in [-0.4, -0.2) is 34.2 Å². The molecular formula is C13H12ClNO3S. The highest BCUT2D eigenvalue weighted by atomic mass is 35.5. The van der Waals surface area contributed by atoms with Gasteiger partial charge in [0, 0.05) is 11.6 Å². The molecule has 1 aromatic rings. The van der Waals surface area contributed by atoms with E-state index in [1.54, 1.807) is 12.1 Å². The minimum Gasteiger partial charge on any atom is -0.481 e. The second-order valence-electron chi connectivity index (χ2n) is 4.01. The highest BCUT2D eigenvalue weighted by Gasteiger charge is 2.23. The molecule has 1 aliphatic heterocycles. The van der Waals surface area contributed by atoms with Crippen molar-refractivity contribution in [3.05, 3.63) is 40.3 Å². The third-order valence-electron chi connectivity index (χ3n) is 2.68. The summed E-state index contributed by atoms with van der Waals surface area (Å²) >= 11 is 7.25. The van der Waals surface area contributed by atoms with Crippen LogP contribution < -0.4 is 0 Å². The number of rotatable bonds is 4. The molecule has 1 aromatic carbocycles. The predicted molar refractivity (Wildman–Crippen MR) is 75.9 cm³/mol. The van der Waals surface area contributed by atoms with E-state index in [0.29, 0.717) is 10.8 Å². The Morgan fingerprint density at radius 2 is 2.05 bits per heavy atom. The van der Waals surface area contributed by atoms with Gasteiger partial charge in [0.25, 0.3) is 0 Å². The molecule has 6 heteroatoms. The molecule has 0 aromatic heterocycles. The van der Waals surface area contributed by atoms with Crippen LogP contribution >= 0.6 is 23.4 Å². The zero-order chi connectivity index (χ0) is 13.8. The Hall–Kier alpha value is -1.46. The van der Waals surface area contributed by atoms with Crippen LogP contribution in [0, 0.1) is 0 Å². The monoisotopic (exact) mass is 297 g/mol. The highest BCUT2D eigenvalue weighted by molar-refractivity contribution is 8.03. The molecule has 0 saturated heterocycles. The van der Waals surface area contributed by atoms with Crippen LogP contribution in [0.15, 0.2) is 29.7 Å². The van der Waals surface area contributed by atoms with Crippen LogP contribution in [-0.2, 0) is 9.59 Å². The summed E-state index contributed by atoms with van der Waals surface area (Å²) in [6.45, 7) is 0.184. The lowest BCUT2D eigenvalue weighted by Gasteiger charge is -2.28. The Morgan fingerprint density at radius 1 is 1.37 bits per heavy atom. The molecule has 0 fully saturated rings. The smallest absolute Gasteiger partial charge is 0.305 e. The number of thioether (sulfide) groups is 1. The summed E-state index contributed by atoms with van der Waals surface area (Å²) < 4.78 is 0. The average Bonchev–Trinajstić information content (AvgIpc) is 2.38. The minimum absolute atomic E-state index is 0.0681. The number of carboxylic acid groups (broad SMARTS) is 1. The van der Waals surface area contributed by atoms with Crippen molar-refractivity contribution in [2.75, 3.05) is 12.3 Å². The van der Waals surface area contributed by atoms with Gasteiger partial charge in [-0.1, -0.05) is 23.7 Å². The van der Waals surface area contributed by atoms with Gasteiger partial charge in [-0.05, 0) is 23.1 Å². The number of carbonyl (C=O) groups is 2. The van der Waals surface area contributed by atoms with E-state index in [1.165, 1.54) is 16.7 Å². The van der Waals surface area contributed by atoms with Gasteiger partial charge in [-0.2, -0.15) is 0 Å². The average molecular weight is 298 g/mol. The number of aliphatic carboxylic acids is 1. The zero-order valence-corrected chi connectivity index (χ0v) is 11.6. The maximum Gasteiger partial charge on any atom is 0.305 e. The molecule has 1 N–H and O–H groups in total. The van der Waals surface area contributed by atoms with E-state index in [0.717, 1.165) is 11.3 Å². The standard InChI is InChI=1S/C13H12ClNO3S/c14-10-3-1-9(2-4-10)11-7-19-8-12(16)15(11)6-5-13(17)18/h1-4,7H,5-6,8H2,(H,17,18). The van der Waals surface area contributed by atoms with Crippen LogP contribution in [0.1, 0.15) is 12.0 Å². The van der Waals surface area contributed by atoms with Gasteiger partial charge in [0.15, 0.2) is 0 Å². The van der Waals surface area contributed by atoms with Crippen molar-refractivity contribution in [1.82, 2.24) is 4.90 Å². The lowest BCUT2D eigenvalue weighted by atomic mass is 10.1. The van der Waals surface area contributed by atoms with Gasteiger partial charge in [-0.3, -0.25) is 9.59 Å². The van der Waals surface area contributed by atoms with E-state index in [2.05, 4.69) is 0 Å². The second kappa shape index (κ2) is 6.12. The van der Waals surface area contributed by atoms with Crippen molar-refractivity contribution >= 4 is 40.9 Å². The van der Waals surface area contributed by atoms with Crippen LogP contribution in [0.25, 0.3) is 5.70 Å². The van der Waals surface area contributed by atoms with Gasteiger partial charge in [0.1, 0.15) is 0 Å². The van der Waals surface area contributed by atoms with E-state index in [9.17, 15) is 9.59 Å². The maximum absolute atomic E-state index is 11.9. The first kappa shape index (κ1) is 14.0. The number of halogens is 1. The molecule has 2 rings (SSSR count). The molecule has 0 spiro atoms. The van der Waals surface area contributed by atoms with Gasteiger partial charge in [0.05, 0.1) is 17.9 Å². The number of nitrogens with zero attached hydrogens (tertiary/aromatic N) is 1. The molecule has 1 amide bonds. The number of carboxylic acids is 1. The first-order chi connectivity index (χ1) is 9.08. The third-order valence-corrected chi connectivity index (χ3v) is 3.74. The van der Waals surface area contributed by atoms with Gasteiger partial charge in [-0.25, -0.2) is 0 Å². The summed E-state index contributed by atoms with van der Waals surface area (Å²) in [6, 6.07) is 7.13. The number of benzene rings is 1. The molecule has 0 unspecified atom stereocenters. The lowest BCUT2D eigenvalue weighted by Crippen LogP contribution is -2.34. The van der Waals surface area contributed by atoms with Gasteiger partial charge < -0.3 is 10.0 Å². The van der Waals surface area contributed by atoms with Crippen molar-refractivity contribution in [1.29, 1.82) is 0 Å². The van der Waals surface area contributed by atoms with E-state index in [1.807, 2.05) is 17.5 Å². The number of amides is 1. The van der Waals surface area contributed by atoms with Gasteiger partial charge in [0.2, 0.25) is 5.91 Å². The summed E-state index contributed by atoms with van der Waals surface area (Å²) in [4.78, 5) is 24.1. The van der Waals surface area contributed by atoms with Crippen molar-refractivity contribution in [3.63, 3.8) is 0 Å². The Bertz CT molecular complexity index is 527. The Morgan fingerprint density at radius 3 is 2.68 bits per heavy atom. The topological polar surface area (TPSA) is 57.6 Å². The lowest BCUT2D eigenvalue weighted by molar-refractivity contribution is -0.137. The molecular weight excluding hydrogens is 286 g/mol. The predicted octanol–water partition coefficient (Wildman–Crippen LogP) is 2.69. The first-order valence-corrected chi connectivity index (χ1v) is 7.10. The fraction of sp³-hybridized carbons (Fsp3) is 0.231. The molecule has 19 heavy (non-hydrogen) atoms. The van der Waals surface area contributed by atoms with E-state index >= 15 is 0 Å². The minimum atomic E-state index is -0.915. The van der Waals surface area contributed by atoms with Crippen molar-refractivity contribution < 1.29 is 14.7 Å². The number of carbonyl (C=O) groups excluding carboxylic acids is 1. The fourth-order valence-corrected chi connectivity index (χ4v) is 2.69. The molecule has 0 atom stereocenters. The zero-order valence-electron chi connectivity index (χ0n) is 10.0. The van der Waals surface area contributed by atoms with Gasteiger partial charge >= 0.3 is 5.97 Å². The summed E-state index contributed by atoms with van der Waals surface area (Å²) in [5.41, 5.74) is 1.59. The number of hydrogen-bond donors (Lipinski definition) is 1. The Labute approximate surface area is 120 Å². The Kier molecular flexibility index (Phi) is 4.50. The normalized spacial score (nSPS) is 15.3. The molecule has 0 aliphatic carbocycles. The van der Waals surface area contributed by atoms with Crippen LogP contribution in [0.5, 0.6) is 0 Å². The van der Waals surface area contributed by atoms with Crippen molar-refractivity contribution in [2.24, 2.45) is 0 Å². The van der Waals surface area contributed by atoms with Crippen molar-refractivity contribution in [2.45, 2.75) is 6.42 Å². The number of hydrogen-bond acceptors (Lipinski definition) is 3. The molecule has 0 saturated carbocycles. The fourth-order valence-electron chi connectivity index (χ4n) is 1.76. The quantitative estimate of drug-likeness (QED) is 0.928. The van der Waals surface area contributed by atoms with E-state index in [4.69, 9.17) is 16.7 Å². The van der Waals surface area contributed by atoms with Gasteiger partial charge in [-0.15, -0.1) is 11.8 Å². The largest absolute Gasteiger partial charge is 0.481 e. The summed E-state index contributed by atoms with van der Waals surface area (Å²) in [5, 5.41) is 11.2. The second-order valence-corrected chi connectivity index (χ2v) is 5.30. The SMILES string of the molecule is O=C(O)CCN1C(=O)CSC=C1c1ccc(Cl)cc1. The molecule has 0 bridgehead atoms. The van der Waals surface area contributed by atoms with Crippen LogP contribution in [0.2, 0.25) is 5.02 Å². The summed E-state index contributed by atoms with van der Waals surface area (Å²) in [6.07, 6.45) is -0.0681. The molecule has 100 valence electrons. The van der Waals surface area contributed by atoms with Crippen LogP contribution in [0.4, 0.5) is 0 Å². The summed E-state index contributed by atoms with van der Waals surface area (Å²) in [7, 11) is 0. The summed E-state index contributed by atoms with van der Waals surface area (Å²) in [5.74, 6) is -0.642. The van der Waals surface area contributed by atoms with E-state index in [-0.39, 0.29) is 18.9 Å². The Balaban J connectivity index is 2.24. The molecule has 1 aliphatic rings. The maximum atomic E-state index is 11.9. The molecule has 0 radical (unpaired) electrons. The first-order valence-electron chi connectivity index (χ1n) is 5.68. The third kappa shape index (κ3) is 3.52. The van der Waals surface area contributed by atoms with Crippen LogP contribution in [0.3, 0.4) is 0 Å². The van der Waals surface area contributed by atoms with Crippen molar-refractivity contribution in [3.8, 4) is 0 Å². The molecule has 4 nitrogen and oxygen atoms in total. The highest BCUT2D eigenvalue weighted by Crippen LogP contribution is 2.29.